The first-order chi connectivity index (χ1) is 15.3. The zero-order valence-electron chi connectivity index (χ0n) is 19.3. The van der Waals surface area contributed by atoms with Crippen LogP contribution in [0.1, 0.15) is 53.4 Å². The van der Waals surface area contributed by atoms with E-state index >= 15 is 0 Å². The van der Waals surface area contributed by atoms with Gasteiger partial charge >= 0.3 is 0 Å². The Bertz CT molecular complexity index is 1030. The van der Waals surface area contributed by atoms with Crippen molar-refractivity contribution in [1.29, 1.82) is 0 Å². The molecule has 1 aromatic carbocycles. The number of hydrogen-bond donors (Lipinski definition) is 1. The Kier molecular flexibility index (Phi) is 8.35. The van der Waals surface area contributed by atoms with Gasteiger partial charge in [0.2, 0.25) is 0 Å². The highest BCUT2D eigenvalue weighted by Crippen LogP contribution is 2.24. The molecule has 0 saturated carbocycles. The molecule has 3 rings (SSSR count). The highest BCUT2D eigenvalue weighted by Gasteiger charge is 2.21. The van der Waals surface area contributed by atoms with Crippen molar-refractivity contribution in [2.24, 2.45) is 0 Å². The second-order valence-electron chi connectivity index (χ2n) is 7.88. The van der Waals surface area contributed by atoms with Gasteiger partial charge in [0.25, 0.3) is 5.91 Å². The summed E-state index contributed by atoms with van der Waals surface area (Å²) in [4.78, 5) is 21.9. The predicted molar refractivity (Wildman–Crippen MR) is 125 cm³/mol. The number of benzene rings is 1. The van der Waals surface area contributed by atoms with Crippen LogP contribution in [0.15, 0.2) is 35.5 Å². The Labute approximate surface area is 193 Å². The van der Waals surface area contributed by atoms with Crippen LogP contribution < -0.4 is 5.32 Å². The smallest absolute Gasteiger partial charge is 0.273 e. The van der Waals surface area contributed by atoms with E-state index in [4.69, 9.17) is 4.74 Å². The van der Waals surface area contributed by atoms with Crippen molar-refractivity contribution in [3.8, 4) is 5.69 Å². The number of amides is 1. The van der Waals surface area contributed by atoms with Gasteiger partial charge in [-0.1, -0.05) is 34.7 Å². The maximum absolute atomic E-state index is 12.9. The van der Waals surface area contributed by atoms with E-state index in [-0.39, 0.29) is 12.0 Å². The lowest BCUT2D eigenvalue weighted by molar-refractivity contribution is 0.0756. The summed E-state index contributed by atoms with van der Waals surface area (Å²) < 4.78 is 7.25. The molecule has 1 N–H and O–H groups in total. The van der Waals surface area contributed by atoms with E-state index in [1.165, 1.54) is 11.8 Å². The van der Waals surface area contributed by atoms with Crippen LogP contribution in [0.25, 0.3) is 5.69 Å². The van der Waals surface area contributed by atoms with Crippen LogP contribution in [0.3, 0.4) is 0 Å². The topological polar surface area (TPSA) is 94.8 Å². The van der Waals surface area contributed by atoms with E-state index in [0.717, 1.165) is 29.1 Å². The van der Waals surface area contributed by atoms with Crippen LogP contribution in [0, 0.1) is 20.8 Å². The molecule has 0 fully saturated rings. The van der Waals surface area contributed by atoms with Gasteiger partial charge in [-0.15, -0.1) is 5.10 Å². The average molecular weight is 455 g/mol. The van der Waals surface area contributed by atoms with Crippen molar-refractivity contribution in [3.63, 3.8) is 0 Å². The molecular weight excluding hydrogens is 424 g/mol. The zero-order chi connectivity index (χ0) is 23.1. The van der Waals surface area contributed by atoms with E-state index < -0.39 is 0 Å². The quantitative estimate of drug-likeness (QED) is 0.283. The highest BCUT2D eigenvalue weighted by atomic mass is 32.2. The summed E-state index contributed by atoms with van der Waals surface area (Å²) in [5.74, 6) is 0.216. The summed E-state index contributed by atoms with van der Waals surface area (Å²) in [6, 6.07) is 9.89. The molecule has 8 nitrogen and oxygen atoms in total. The summed E-state index contributed by atoms with van der Waals surface area (Å²) >= 11 is 1.46. The Morgan fingerprint density at radius 2 is 1.81 bits per heavy atom. The molecule has 170 valence electrons. The number of nitrogens with zero attached hydrogens (tertiary/aromatic N) is 5. The van der Waals surface area contributed by atoms with Crippen molar-refractivity contribution in [2.45, 2.75) is 58.1 Å². The molecule has 0 saturated heterocycles. The van der Waals surface area contributed by atoms with Crippen LogP contribution in [0.5, 0.6) is 0 Å². The number of carbonyl (C=O) groups is 1. The minimum Gasteiger partial charge on any atom is -0.379 e. The minimum atomic E-state index is -0.246. The molecular formula is C23H30N6O2S. The largest absolute Gasteiger partial charge is 0.379 e. The van der Waals surface area contributed by atoms with E-state index in [1.54, 1.807) is 4.68 Å². The zero-order valence-corrected chi connectivity index (χ0v) is 20.1. The molecule has 3 aromatic rings. The van der Waals surface area contributed by atoms with Gasteiger partial charge in [-0.2, -0.15) is 0 Å². The van der Waals surface area contributed by atoms with Crippen LogP contribution in [-0.2, 0) is 10.5 Å². The fourth-order valence-corrected chi connectivity index (χ4v) is 4.01. The van der Waals surface area contributed by atoms with Crippen molar-refractivity contribution < 1.29 is 9.53 Å². The summed E-state index contributed by atoms with van der Waals surface area (Å²) in [5, 5.41) is 12.1. The van der Waals surface area contributed by atoms with Gasteiger partial charge in [0, 0.05) is 30.3 Å². The molecule has 0 aliphatic rings. The van der Waals surface area contributed by atoms with Crippen LogP contribution in [0.4, 0.5) is 0 Å². The number of nitrogens with one attached hydrogen (secondary N) is 1. The Hall–Kier alpha value is -2.78. The van der Waals surface area contributed by atoms with Crippen molar-refractivity contribution in [3.05, 3.63) is 58.7 Å². The lowest BCUT2D eigenvalue weighted by Gasteiger charge is -2.10. The molecule has 0 unspecified atom stereocenters. The maximum Gasteiger partial charge on any atom is 0.273 e. The number of thioether (sulfide) groups is 1. The van der Waals surface area contributed by atoms with Gasteiger partial charge in [-0.25, -0.2) is 14.6 Å². The molecule has 2 heterocycles. The number of hydrogen-bond acceptors (Lipinski definition) is 7. The van der Waals surface area contributed by atoms with E-state index in [9.17, 15) is 4.79 Å². The molecule has 0 radical (unpaired) electrons. The molecule has 32 heavy (non-hydrogen) atoms. The second kappa shape index (κ2) is 11.2. The van der Waals surface area contributed by atoms with E-state index in [0.29, 0.717) is 35.4 Å². The number of ether oxygens (including phenoxy) is 1. The lowest BCUT2D eigenvalue weighted by Crippen LogP contribution is -2.27. The first-order valence-electron chi connectivity index (χ1n) is 10.7. The fourth-order valence-electron chi connectivity index (χ4n) is 3.07. The predicted octanol–water partition coefficient (Wildman–Crippen LogP) is 3.82. The second-order valence-corrected chi connectivity index (χ2v) is 8.83. The van der Waals surface area contributed by atoms with Crippen molar-refractivity contribution >= 4 is 17.7 Å². The summed E-state index contributed by atoms with van der Waals surface area (Å²) in [5.41, 5.74) is 4.84. The summed E-state index contributed by atoms with van der Waals surface area (Å²) in [6.07, 6.45) is 0.910. The van der Waals surface area contributed by atoms with Crippen LogP contribution >= 0.6 is 11.8 Å². The number of carbonyl (C=O) groups excluding carboxylic acids is 1. The third kappa shape index (κ3) is 6.61. The van der Waals surface area contributed by atoms with Crippen LogP contribution in [-0.4, -0.2) is 50.1 Å². The molecule has 9 heteroatoms. The Balaban J connectivity index is 1.79. The fraction of sp³-hybridized carbons (Fsp3) is 0.435. The number of aromatic nitrogens is 5. The van der Waals surface area contributed by atoms with Crippen LogP contribution in [0.2, 0.25) is 0 Å². The molecule has 0 aliphatic heterocycles. The first kappa shape index (κ1) is 23.9. The van der Waals surface area contributed by atoms with E-state index in [2.05, 4.69) is 25.6 Å². The van der Waals surface area contributed by atoms with Gasteiger partial charge in [0.05, 0.1) is 17.5 Å². The molecule has 0 atom stereocenters. The first-order valence-corrected chi connectivity index (χ1v) is 11.7. The molecule has 2 aromatic heterocycles. The van der Waals surface area contributed by atoms with Gasteiger partial charge in [-0.05, 0) is 59.2 Å². The molecule has 0 spiro atoms. The molecule has 0 aliphatic carbocycles. The van der Waals surface area contributed by atoms with Crippen molar-refractivity contribution in [1.82, 2.24) is 30.3 Å². The third-order valence-electron chi connectivity index (χ3n) is 4.61. The van der Waals surface area contributed by atoms with Gasteiger partial charge in [-0.3, -0.25) is 4.79 Å². The van der Waals surface area contributed by atoms with Gasteiger partial charge in [0.1, 0.15) is 0 Å². The van der Waals surface area contributed by atoms with Crippen molar-refractivity contribution in [2.75, 3.05) is 13.2 Å². The summed E-state index contributed by atoms with van der Waals surface area (Å²) in [7, 11) is 0. The minimum absolute atomic E-state index is 0.177. The average Bonchev–Trinajstić information content (AvgIpc) is 3.15. The monoisotopic (exact) mass is 454 g/mol. The molecule has 0 bridgehead atoms. The summed E-state index contributed by atoms with van der Waals surface area (Å²) in [6.45, 7) is 11.0. The Morgan fingerprint density at radius 1 is 1.12 bits per heavy atom. The van der Waals surface area contributed by atoms with Gasteiger partial charge < -0.3 is 10.1 Å². The van der Waals surface area contributed by atoms with Gasteiger partial charge in [0.15, 0.2) is 10.9 Å². The normalized spacial score (nSPS) is 11.2. The highest BCUT2D eigenvalue weighted by molar-refractivity contribution is 7.98. The molecule has 1 amide bonds. The SMILES string of the molecule is Cc1ccc(-n2nnc(C(=O)NCCCOC(C)C)c2CSc2nc(C)cc(C)n2)cc1. The number of aryl methyl sites for hydroxylation is 3. The Morgan fingerprint density at radius 3 is 2.47 bits per heavy atom. The lowest BCUT2D eigenvalue weighted by atomic mass is 10.2. The third-order valence-corrected chi connectivity index (χ3v) is 5.47. The maximum atomic E-state index is 12.9. The van der Waals surface area contributed by atoms with E-state index in [1.807, 2.05) is 65.0 Å². The standard InChI is InChI=1S/C23H30N6O2S/c1-15(2)31-12-6-11-24-22(30)21-20(14-32-23-25-17(4)13-18(5)26-23)29(28-27-21)19-9-7-16(3)8-10-19/h7-10,13,15H,6,11-12,14H2,1-5H3,(H,24,30). The number of rotatable bonds is 10.